The lowest BCUT2D eigenvalue weighted by Crippen LogP contribution is -2.57. The summed E-state index contributed by atoms with van der Waals surface area (Å²) in [5, 5.41) is 0. The summed E-state index contributed by atoms with van der Waals surface area (Å²) < 4.78 is 24.1. The molecule has 3 aliphatic rings. The Labute approximate surface area is 172 Å². The minimum absolute atomic E-state index is 0.140. The molecule has 5 heteroatoms. The molecule has 154 valence electrons. The number of rotatable bonds is 4. The smallest absolute Gasteiger partial charge is 0.231 e. The Balaban J connectivity index is 1.68. The highest BCUT2D eigenvalue weighted by Gasteiger charge is 2.50. The van der Waals surface area contributed by atoms with Gasteiger partial charge in [-0.2, -0.15) is 0 Å². The molecule has 1 saturated heterocycles. The van der Waals surface area contributed by atoms with Crippen molar-refractivity contribution in [3.05, 3.63) is 47.5 Å². The van der Waals surface area contributed by atoms with Gasteiger partial charge in [-0.1, -0.05) is 25.1 Å². The van der Waals surface area contributed by atoms with Gasteiger partial charge in [0.2, 0.25) is 6.79 Å². The fourth-order valence-corrected chi connectivity index (χ4v) is 5.14. The van der Waals surface area contributed by atoms with Crippen molar-refractivity contribution in [3.8, 4) is 23.0 Å². The Hall–Kier alpha value is -2.40. The van der Waals surface area contributed by atoms with E-state index in [4.69, 9.17) is 18.9 Å². The molecule has 0 aromatic heterocycles. The molecule has 0 saturated carbocycles. The third-order valence-electron chi connectivity index (χ3n) is 6.79. The fourth-order valence-electron chi connectivity index (χ4n) is 5.14. The van der Waals surface area contributed by atoms with Crippen molar-refractivity contribution in [1.82, 2.24) is 4.90 Å². The summed E-state index contributed by atoms with van der Waals surface area (Å²) >= 11 is 0. The van der Waals surface area contributed by atoms with Crippen molar-refractivity contribution < 1.29 is 18.9 Å². The zero-order chi connectivity index (χ0) is 20.0. The second-order valence-electron chi connectivity index (χ2n) is 8.33. The first-order chi connectivity index (χ1) is 14.1. The van der Waals surface area contributed by atoms with Crippen LogP contribution in [0.1, 0.15) is 50.7 Å². The lowest BCUT2D eigenvalue weighted by Gasteiger charge is -2.50. The average molecular weight is 395 g/mol. The van der Waals surface area contributed by atoms with E-state index in [1.807, 2.05) is 19.1 Å². The maximum absolute atomic E-state index is 6.74. The molecule has 0 amide bonds. The van der Waals surface area contributed by atoms with Gasteiger partial charge in [-0.05, 0) is 38.8 Å². The Morgan fingerprint density at radius 2 is 1.76 bits per heavy atom. The van der Waals surface area contributed by atoms with E-state index in [0.717, 1.165) is 41.7 Å². The SMILES string of the molecule is CCOc1ccccc1[C@H]1c2cc3c(cc2O[C@@](C)(N2CCCC2)[C@@H]1C)OCO3. The summed E-state index contributed by atoms with van der Waals surface area (Å²) in [5.41, 5.74) is 1.96. The Morgan fingerprint density at radius 1 is 1.03 bits per heavy atom. The van der Waals surface area contributed by atoms with Gasteiger partial charge in [-0.3, -0.25) is 4.90 Å². The van der Waals surface area contributed by atoms with Crippen LogP contribution in [0.3, 0.4) is 0 Å². The summed E-state index contributed by atoms with van der Waals surface area (Å²) in [4.78, 5) is 2.50. The van der Waals surface area contributed by atoms with E-state index in [2.05, 4.69) is 43.0 Å². The lowest BCUT2D eigenvalue weighted by atomic mass is 9.73. The summed E-state index contributed by atoms with van der Waals surface area (Å²) in [7, 11) is 0. The molecule has 0 spiro atoms. The second kappa shape index (κ2) is 7.13. The van der Waals surface area contributed by atoms with E-state index in [1.54, 1.807) is 0 Å². The van der Waals surface area contributed by atoms with Crippen LogP contribution in [-0.4, -0.2) is 37.1 Å². The van der Waals surface area contributed by atoms with Gasteiger partial charge in [-0.15, -0.1) is 0 Å². The van der Waals surface area contributed by atoms with E-state index in [-0.39, 0.29) is 24.4 Å². The van der Waals surface area contributed by atoms with Gasteiger partial charge >= 0.3 is 0 Å². The zero-order valence-electron chi connectivity index (χ0n) is 17.4. The average Bonchev–Trinajstić information content (AvgIpc) is 3.41. The first kappa shape index (κ1) is 18.6. The molecule has 1 fully saturated rings. The van der Waals surface area contributed by atoms with Gasteiger partial charge in [0.1, 0.15) is 11.5 Å². The molecule has 3 heterocycles. The van der Waals surface area contributed by atoms with Crippen molar-refractivity contribution in [3.63, 3.8) is 0 Å². The van der Waals surface area contributed by atoms with E-state index < -0.39 is 0 Å². The van der Waals surface area contributed by atoms with Crippen LogP contribution in [0.4, 0.5) is 0 Å². The Bertz CT molecular complexity index is 908. The predicted octanol–water partition coefficient (Wildman–Crippen LogP) is 4.79. The topological polar surface area (TPSA) is 40.2 Å². The van der Waals surface area contributed by atoms with Crippen LogP contribution < -0.4 is 18.9 Å². The van der Waals surface area contributed by atoms with Gasteiger partial charge in [0, 0.05) is 42.1 Å². The minimum atomic E-state index is -0.388. The van der Waals surface area contributed by atoms with Gasteiger partial charge in [0.05, 0.1) is 6.61 Å². The molecule has 5 rings (SSSR count). The lowest BCUT2D eigenvalue weighted by molar-refractivity contribution is -0.114. The van der Waals surface area contributed by atoms with Gasteiger partial charge in [-0.25, -0.2) is 0 Å². The zero-order valence-corrected chi connectivity index (χ0v) is 17.4. The van der Waals surface area contributed by atoms with Crippen molar-refractivity contribution in [2.24, 2.45) is 5.92 Å². The van der Waals surface area contributed by atoms with Crippen LogP contribution in [0.2, 0.25) is 0 Å². The van der Waals surface area contributed by atoms with E-state index >= 15 is 0 Å². The molecular weight excluding hydrogens is 366 g/mol. The number of ether oxygens (including phenoxy) is 4. The maximum atomic E-state index is 6.74. The van der Waals surface area contributed by atoms with Crippen molar-refractivity contribution in [1.29, 1.82) is 0 Å². The molecule has 29 heavy (non-hydrogen) atoms. The highest BCUT2D eigenvalue weighted by molar-refractivity contribution is 5.58. The number of nitrogens with zero attached hydrogens (tertiary/aromatic N) is 1. The Morgan fingerprint density at radius 3 is 2.52 bits per heavy atom. The molecule has 2 aromatic carbocycles. The van der Waals surface area contributed by atoms with Crippen LogP contribution >= 0.6 is 0 Å². The third-order valence-corrected chi connectivity index (χ3v) is 6.79. The number of para-hydroxylation sites is 1. The van der Waals surface area contributed by atoms with E-state index in [9.17, 15) is 0 Å². The van der Waals surface area contributed by atoms with Crippen LogP contribution in [0.15, 0.2) is 36.4 Å². The largest absolute Gasteiger partial charge is 0.494 e. The molecule has 0 unspecified atom stereocenters. The summed E-state index contributed by atoms with van der Waals surface area (Å²) in [5.74, 6) is 3.76. The summed E-state index contributed by atoms with van der Waals surface area (Å²) in [6, 6.07) is 12.5. The number of hydrogen-bond acceptors (Lipinski definition) is 5. The summed E-state index contributed by atoms with van der Waals surface area (Å²) in [6.07, 6.45) is 2.44. The van der Waals surface area contributed by atoms with Gasteiger partial charge < -0.3 is 18.9 Å². The quantitative estimate of drug-likeness (QED) is 0.745. The predicted molar refractivity (Wildman–Crippen MR) is 111 cm³/mol. The van der Waals surface area contributed by atoms with Crippen molar-refractivity contribution >= 4 is 0 Å². The first-order valence-corrected chi connectivity index (χ1v) is 10.7. The highest BCUT2D eigenvalue weighted by Crippen LogP contribution is 2.54. The molecule has 5 nitrogen and oxygen atoms in total. The molecule has 3 aliphatic heterocycles. The minimum Gasteiger partial charge on any atom is -0.494 e. The third kappa shape index (κ3) is 2.94. The number of likely N-dealkylation sites (tertiary alicyclic amines) is 1. The number of fused-ring (bicyclic) bond motifs is 2. The van der Waals surface area contributed by atoms with Crippen molar-refractivity contribution in [2.45, 2.75) is 45.3 Å². The molecule has 3 atom stereocenters. The number of benzene rings is 2. The van der Waals surface area contributed by atoms with Crippen LogP contribution in [-0.2, 0) is 0 Å². The maximum Gasteiger partial charge on any atom is 0.231 e. The summed E-state index contributed by atoms with van der Waals surface area (Å²) in [6.45, 7) is 9.63. The van der Waals surface area contributed by atoms with E-state index in [1.165, 1.54) is 18.4 Å². The van der Waals surface area contributed by atoms with Crippen LogP contribution in [0.5, 0.6) is 23.0 Å². The highest BCUT2D eigenvalue weighted by atomic mass is 16.7. The molecule has 0 N–H and O–H groups in total. The monoisotopic (exact) mass is 395 g/mol. The molecule has 0 aliphatic carbocycles. The molecule has 2 aromatic rings. The van der Waals surface area contributed by atoms with Crippen molar-refractivity contribution in [2.75, 3.05) is 26.5 Å². The normalized spacial score (nSPS) is 28.1. The van der Waals surface area contributed by atoms with Crippen LogP contribution in [0.25, 0.3) is 0 Å². The van der Waals surface area contributed by atoms with Crippen LogP contribution in [0, 0.1) is 5.92 Å². The second-order valence-corrected chi connectivity index (χ2v) is 8.33. The van der Waals surface area contributed by atoms with Gasteiger partial charge in [0.25, 0.3) is 0 Å². The number of hydrogen-bond donors (Lipinski definition) is 0. The molecule has 0 bridgehead atoms. The van der Waals surface area contributed by atoms with E-state index in [0.29, 0.717) is 6.61 Å². The molecular formula is C24H29NO4. The fraction of sp³-hybridized carbons (Fsp3) is 0.500. The first-order valence-electron chi connectivity index (χ1n) is 10.7. The molecule has 0 radical (unpaired) electrons. The van der Waals surface area contributed by atoms with Gasteiger partial charge in [0.15, 0.2) is 17.2 Å². The Kier molecular flexibility index (Phi) is 4.58. The standard InChI is InChI=1S/C24H29NO4/c1-4-26-19-10-6-5-9-17(19)23-16(2)24(3,25-11-7-8-12-25)29-20-14-22-21(13-18(20)23)27-15-28-22/h5-6,9-10,13-14,16,23H,4,7-8,11-12,15H2,1-3H3/t16-,23+,24-/m1/s1.